The molecule has 0 saturated carbocycles. The van der Waals surface area contributed by atoms with Gasteiger partial charge in [0.05, 0.1) is 89.3 Å². The fourth-order valence-electron chi connectivity index (χ4n) is 7.72. The van der Waals surface area contributed by atoms with E-state index in [0.717, 1.165) is 64.6 Å². The molecule has 0 aromatic heterocycles. The minimum Gasteiger partial charge on any atom is -0.662 e. The number of nitrogens with two attached hydrogens (primary N) is 1. The Kier molecular flexibility index (Phi) is 131. The van der Waals surface area contributed by atoms with Crippen molar-refractivity contribution in [2.24, 2.45) is 17.6 Å². The molecule has 0 aromatic carbocycles. The van der Waals surface area contributed by atoms with Gasteiger partial charge in [0.2, 0.25) is 22.7 Å². The molecule has 4 aliphatic rings. The fraction of sp³-hybridized carbons (Fsp3) is 0.776. The number of ketones is 1. The maximum atomic E-state index is 11.3. The summed E-state index contributed by atoms with van der Waals surface area (Å²) in [7, 11) is 11.0. The number of alkyl carbamates (subject to hydrolysis) is 1. The predicted molar refractivity (Wildman–Crippen MR) is 455 cm³/mol. The summed E-state index contributed by atoms with van der Waals surface area (Å²) in [5.41, 5.74) is 5.24. The number of carboxylic acids is 3. The van der Waals surface area contributed by atoms with E-state index in [1.54, 1.807) is 49.1 Å². The molecule has 0 unspecified atom stereocenters. The fourth-order valence-corrected chi connectivity index (χ4v) is 7.72. The maximum absolute atomic E-state index is 11.3. The number of alkyl halides is 4. The number of methoxy groups -OCH3 is 6. The number of hydrogen-bond acceptors (Lipinski definition) is 34. The second-order valence-corrected chi connectivity index (χ2v) is 25.4. The first-order chi connectivity index (χ1) is 57.1. The Morgan fingerprint density at radius 3 is 1.20 bits per heavy atom. The van der Waals surface area contributed by atoms with Crippen LogP contribution in [0.1, 0.15) is 169 Å². The SMILES string of the molecule is C.C.C.C.C1CCOC1.CN[C@@H](CCCCNC(=O)COCCOC)C(C)=O.COC(Cl)Cl.COCCOCC(=O)NCCCC[C@@H]1NC(=O)OC1=O.COCCOCC(=O)NCCCC[C@H](C)C(=O)O.COCCOCC(=O)O.COCCOCC(=O)ON1C(=O)CCC1=O.C[C@@H](CCCCN)C(=O)O.ClCCl.O=C1CCC(=O)N1O.O=CO[O-].[2HH].[2H]C#C.[Na+]. The Hall–Kier alpha value is -6.27. The number of hydrogen-bond donors (Lipinski definition) is 10. The van der Waals surface area contributed by atoms with Crippen LogP contribution in [0.3, 0.4) is 0 Å². The molecule has 4 aliphatic heterocycles. The summed E-state index contributed by atoms with van der Waals surface area (Å²) in [6, 6.07) is -0.636. The number of ether oxygens (including phenoxy) is 13. The van der Waals surface area contributed by atoms with Gasteiger partial charge >= 0.3 is 65.5 Å². The van der Waals surface area contributed by atoms with Gasteiger partial charge in [-0.3, -0.25) is 57.9 Å². The molecule has 8 amide bonds. The van der Waals surface area contributed by atoms with E-state index in [2.05, 4.69) is 61.7 Å². The van der Waals surface area contributed by atoms with Gasteiger partial charge in [0.25, 0.3) is 30.1 Å². The topological polar surface area (TPSA) is 591 Å². The van der Waals surface area contributed by atoms with E-state index in [9.17, 15) is 67.1 Å². The molecule has 43 nitrogen and oxygen atoms in total. The average molecular weight is 1900 g/mol. The Balaban J connectivity index is -0.0000000938. The van der Waals surface area contributed by atoms with Crippen LogP contribution >= 0.6 is 46.4 Å². The smallest absolute Gasteiger partial charge is 0.662 e. The molecule has 4 atom stereocenters. The molecule has 4 rings (SSSR count). The third-order valence-electron chi connectivity index (χ3n) is 14.0. The summed E-state index contributed by atoms with van der Waals surface area (Å²) in [6.45, 7) is 12.7. The first kappa shape index (κ1) is 144. The number of terminal acetylenes is 1. The molecule has 730 valence electrons. The number of aliphatic carboxylic acids is 3. The van der Waals surface area contributed by atoms with Crippen LogP contribution in [0.15, 0.2) is 0 Å². The van der Waals surface area contributed by atoms with E-state index in [1.165, 1.54) is 40.6 Å². The molecule has 4 fully saturated rings. The second kappa shape index (κ2) is 113. The van der Waals surface area contributed by atoms with Crippen molar-refractivity contribution < 1.29 is 201 Å². The van der Waals surface area contributed by atoms with Gasteiger partial charge in [0, 0.05) is 103 Å². The normalized spacial score (nSPS) is 13.3. The van der Waals surface area contributed by atoms with Gasteiger partial charge in [-0.1, -0.05) is 79.6 Å². The van der Waals surface area contributed by atoms with Gasteiger partial charge in [-0.25, -0.2) is 19.2 Å². The molecule has 4 saturated heterocycles. The van der Waals surface area contributed by atoms with E-state index in [-0.39, 0.29) is 184 Å². The number of rotatable bonds is 51. The van der Waals surface area contributed by atoms with Crippen LogP contribution in [0.25, 0.3) is 0 Å². The number of nitrogens with zero attached hydrogens (tertiary/aromatic N) is 2. The van der Waals surface area contributed by atoms with Gasteiger partial charge in [-0.05, 0) is 97.6 Å². The summed E-state index contributed by atoms with van der Waals surface area (Å²) in [6.07, 6.45) is 17.3. The summed E-state index contributed by atoms with van der Waals surface area (Å²) in [5, 5.41) is 55.7. The minimum absolute atomic E-state index is 0. The predicted octanol–water partition coefficient (Wildman–Crippen LogP) is 1.78. The number of carbonyl (C=O) groups excluding carboxylic acids is 12. The summed E-state index contributed by atoms with van der Waals surface area (Å²) < 4.78 is 67.6. The molecule has 124 heavy (non-hydrogen) atoms. The number of amides is 8. The van der Waals surface area contributed by atoms with Crippen LogP contribution in [0.4, 0.5) is 4.79 Å². The van der Waals surface area contributed by atoms with E-state index in [4.69, 9.17) is 127 Å². The molecule has 11 N–H and O–H groups in total. The number of hydroxylamine groups is 4. The van der Waals surface area contributed by atoms with E-state index in [0.29, 0.717) is 116 Å². The van der Waals surface area contributed by atoms with E-state index < -0.39 is 70.6 Å². The minimum atomic E-state index is -0.953. The number of halogens is 4. The molecule has 0 spiro atoms. The third-order valence-corrected chi connectivity index (χ3v) is 14.3. The number of unbranched alkanes of at least 4 members (excludes halogenated alkanes) is 4. The maximum Gasteiger partial charge on any atom is 1.00 e. The van der Waals surface area contributed by atoms with Crippen molar-refractivity contribution in [2.45, 2.75) is 183 Å². The average Bonchev–Trinajstić information content (AvgIpc) is 1.74. The van der Waals surface area contributed by atoms with Crippen molar-refractivity contribution in [2.75, 3.05) is 194 Å². The van der Waals surface area contributed by atoms with Gasteiger partial charge < -0.3 is 124 Å². The molecule has 0 aromatic rings. The van der Waals surface area contributed by atoms with Crippen molar-refractivity contribution in [3.05, 3.63) is 0 Å². The van der Waals surface area contributed by atoms with Crippen molar-refractivity contribution in [3.63, 3.8) is 0 Å². The monoisotopic (exact) mass is 1900 g/mol. The first-order valence-electron chi connectivity index (χ1n) is 37.6. The van der Waals surface area contributed by atoms with Crippen LogP contribution < -0.4 is 67.1 Å². The zero-order chi connectivity index (χ0) is 93.0. The summed E-state index contributed by atoms with van der Waals surface area (Å²) in [4.78, 5) is 167. The Labute approximate surface area is 776 Å². The van der Waals surface area contributed by atoms with Crippen LogP contribution in [-0.2, 0) is 138 Å². The van der Waals surface area contributed by atoms with Crippen LogP contribution in [0.5, 0.6) is 0 Å². The summed E-state index contributed by atoms with van der Waals surface area (Å²) in [5.74, 6) is -6.61. The molecular formula is C76H147Cl4N8NaO35. The largest absolute Gasteiger partial charge is 1.00 e. The Morgan fingerprint density at radius 1 is 0.605 bits per heavy atom. The van der Waals surface area contributed by atoms with E-state index >= 15 is 0 Å². The van der Waals surface area contributed by atoms with Gasteiger partial charge in [0.15, 0.2) is 0 Å². The Morgan fingerprint density at radius 2 is 0.935 bits per heavy atom. The molecular weight excluding hydrogens is 1750 g/mol. The second-order valence-electron chi connectivity index (χ2n) is 23.5. The van der Waals surface area contributed by atoms with Gasteiger partial charge in [-0.15, -0.1) is 41.1 Å². The Bertz CT molecular complexity index is 2670. The van der Waals surface area contributed by atoms with Crippen LogP contribution in [0, 0.1) is 24.7 Å². The molecule has 0 bridgehead atoms. The molecule has 4 heterocycles. The molecule has 0 aliphatic carbocycles. The van der Waals surface area contributed by atoms with E-state index in [1.807, 2.05) is 0 Å². The number of imide groups is 2. The van der Waals surface area contributed by atoms with Crippen molar-refractivity contribution in [3.8, 4) is 12.8 Å². The van der Waals surface area contributed by atoms with Crippen LogP contribution in [0.2, 0.25) is 0 Å². The number of carbonyl (C=O) groups is 15. The zero-order valence-electron chi connectivity index (χ0n) is 71.8. The zero-order valence-corrected chi connectivity index (χ0v) is 75.8. The van der Waals surface area contributed by atoms with Gasteiger partial charge in [0.1, 0.15) is 46.2 Å². The van der Waals surface area contributed by atoms with Crippen LogP contribution in [-0.4, -0.2) is 331 Å². The number of likely N-dealkylation sites (N-methyl/N-ethyl adjacent to an activating group) is 1. The molecule has 48 heteroatoms. The van der Waals surface area contributed by atoms with Crippen molar-refractivity contribution >= 4 is 136 Å². The first-order valence-corrected chi connectivity index (χ1v) is 39.0. The number of esters is 1. The number of nitrogens with one attached hydrogen (secondary N) is 5. The third kappa shape index (κ3) is 112. The molecule has 0 radical (unpaired) electrons. The number of Topliss-reactive ketones (excluding diaryl/α,β-unsaturated/α-hetero) is 1. The standard InChI is InChI=1S/C13H26N2O4.C12H20N2O6.C12H23NO5.C9H13NO6.C7H15NO2.C5H10O4.C4H5NO3.C4H8O.C2H4Cl2O.C2H2.CH2Cl2.CH2O3.4CH4.Na.H2/c1-11(16)12(14-2)6-4-5-7-15-13(17)10-19-9-8-18-3;1-18-6-7-19-8-10(15)13-5-3-2-4-9-11(16)20-12(17)14-9;1-10(12(15)16)5-3-4-6-13-11(14)9-18-8-7-17-2;1-14-4-5-15-6-9(13)16-10-7(11)2-3-8(10)12;1-6(7(9)10)4-2-3-5-8;1-8-2-3-9-4-5(6)7;6-3-1-2-4(7)5(3)8;1-2-4-5-3-1;1-5-2(3)4;1-2;2-1-3;2-1-4-3;;;;;;/h12,14H,4-10H2,1-3H3,(H,15,17);9H,2-8H2,1H3,(H,13,15)(H,14,17);10H,3-9H2,1-2H3,(H,13,14)(H,15,16);2-6H2,1H3;6H,2-5,8H2,1H3,(H,9,10);2-4H2,1H3,(H,6,7);8H,1-2H2;1-4H2;2H,1H3;1-2H;1H2;1,3H;4*1H4;;1H/q;;;;;;;;;;;;;;;;+1;/p-1/t12-;9-;10-;;6-;;;;;;;;;;;;;/m000.0............./s1/i;;;;;;;;;1D;;;;;;;;1+1. The number of cyclic esters (lactones) is 2. The van der Waals surface area contributed by atoms with Crippen molar-refractivity contribution in [1.29, 1.82) is 0 Å². The summed E-state index contributed by atoms with van der Waals surface area (Å²) >= 11 is 19.5. The quantitative estimate of drug-likeness (QED) is 0.00355. The van der Waals surface area contributed by atoms with Crippen molar-refractivity contribution in [1.82, 2.24) is 36.7 Å². The number of carboxylic acid groups (broad SMARTS) is 3. The van der Waals surface area contributed by atoms with Gasteiger partial charge in [-0.2, -0.15) is 5.06 Å².